The van der Waals surface area contributed by atoms with Crippen LogP contribution >= 0.6 is 0 Å². The number of ether oxygens (including phenoxy) is 1. The Morgan fingerprint density at radius 1 is 1.56 bits per heavy atom. The minimum Gasteiger partial charge on any atom is -0.378 e. The van der Waals surface area contributed by atoms with Gasteiger partial charge < -0.3 is 15.0 Å². The van der Waals surface area contributed by atoms with Crippen molar-refractivity contribution in [1.82, 2.24) is 15.3 Å². The molecule has 0 radical (unpaired) electrons. The van der Waals surface area contributed by atoms with E-state index >= 15 is 0 Å². The lowest BCUT2D eigenvalue weighted by atomic mass is 10.1. The zero-order chi connectivity index (χ0) is 12.6. The minimum absolute atomic E-state index is 0.0985. The first-order chi connectivity index (χ1) is 8.84. The monoisotopic (exact) mass is 251 g/mol. The van der Waals surface area contributed by atoms with E-state index in [2.05, 4.69) is 15.3 Å². The summed E-state index contributed by atoms with van der Waals surface area (Å²) < 4.78 is 5.54. The Labute approximate surface area is 107 Å². The maximum Gasteiger partial charge on any atom is 0.222 e. The van der Waals surface area contributed by atoms with Crippen LogP contribution in [-0.2, 0) is 16.0 Å². The molecule has 2 rings (SSSR count). The second-order valence-electron chi connectivity index (χ2n) is 4.68. The first-order valence-electron chi connectivity index (χ1n) is 6.71. The van der Waals surface area contributed by atoms with Gasteiger partial charge in [-0.15, -0.1) is 0 Å². The Balaban J connectivity index is 1.54. The van der Waals surface area contributed by atoms with E-state index in [9.17, 15) is 4.79 Å². The number of hydrogen-bond donors (Lipinski definition) is 2. The van der Waals surface area contributed by atoms with Crippen LogP contribution in [0.25, 0.3) is 0 Å². The topological polar surface area (TPSA) is 67.0 Å². The third kappa shape index (κ3) is 4.49. The van der Waals surface area contributed by atoms with Gasteiger partial charge in [0, 0.05) is 32.0 Å². The predicted octanol–water partition coefficient (Wildman–Crippen LogP) is 1.42. The summed E-state index contributed by atoms with van der Waals surface area (Å²) >= 11 is 0. The van der Waals surface area contributed by atoms with Gasteiger partial charge in [0.25, 0.3) is 0 Å². The predicted molar refractivity (Wildman–Crippen MR) is 68.1 cm³/mol. The Kier molecular flexibility index (Phi) is 5.20. The highest BCUT2D eigenvalue weighted by molar-refractivity contribution is 5.76. The van der Waals surface area contributed by atoms with Crippen LogP contribution in [0.2, 0.25) is 0 Å². The van der Waals surface area contributed by atoms with E-state index < -0.39 is 0 Å². The van der Waals surface area contributed by atoms with E-state index in [4.69, 9.17) is 4.74 Å². The first-order valence-corrected chi connectivity index (χ1v) is 6.71. The quantitative estimate of drug-likeness (QED) is 0.751. The molecule has 1 unspecified atom stereocenters. The highest BCUT2D eigenvalue weighted by Gasteiger charge is 2.17. The minimum atomic E-state index is 0.0985. The Bertz CT molecular complexity index is 345. The number of nitrogens with zero attached hydrogens (tertiary/aromatic N) is 1. The maximum absolute atomic E-state index is 11.7. The molecular formula is C13H21N3O2. The van der Waals surface area contributed by atoms with Crippen molar-refractivity contribution in [3.8, 4) is 0 Å². The van der Waals surface area contributed by atoms with Gasteiger partial charge in [-0.25, -0.2) is 4.98 Å². The summed E-state index contributed by atoms with van der Waals surface area (Å²) in [5.41, 5.74) is 0. The average molecular weight is 251 g/mol. The second-order valence-corrected chi connectivity index (χ2v) is 4.68. The summed E-state index contributed by atoms with van der Waals surface area (Å²) in [4.78, 5) is 18.8. The molecule has 0 aromatic carbocycles. The first kappa shape index (κ1) is 13.1. The van der Waals surface area contributed by atoms with Crippen LogP contribution in [0.1, 0.15) is 37.9 Å². The van der Waals surface area contributed by atoms with Crippen molar-refractivity contribution < 1.29 is 9.53 Å². The van der Waals surface area contributed by atoms with Crippen molar-refractivity contribution in [3.05, 3.63) is 18.2 Å². The van der Waals surface area contributed by atoms with Crippen molar-refractivity contribution in [2.24, 2.45) is 0 Å². The average Bonchev–Trinajstić information content (AvgIpc) is 2.89. The number of carbonyl (C=O) groups excluding carboxylic acids is 1. The maximum atomic E-state index is 11.7. The standard InChI is InChI=1S/C13H21N3O2/c17-13(10-11-4-1-2-9-18-11)16-6-3-5-12-14-7-8-15-12/h7-8,11H,1-6,9-10H2,(H,14,15)(H,16,17). The van der Waals surface area contributed by atoms with E-state index in [-0.39, 0.29) is 12.0 Å². The molecule has 1 aromatic heterocycles. The number of amides is 1. The summed E-state index contributed by atoms with van der Waals surface area (Å²) in [6, 6.07) is 0. The van der Waals surface area contributed by atoms with E-state index in [0.717, 1.165) is 38.1 Å². The molecule has 0 aliphatic carbocycles. The van der Waals surface area contributed by atoms with E-state index in [0.29, 0.717) is 13.0 Å². The van der Waals surface area contributed by atoms with Crippen LogP contribution in [0, 0.1) is 0 Å². The summed E-state index contributed by atoms with van der Waals surface area (Å²) in [6.07, 6.45) is 9.28. The van der Waals surface area contributed by atoms with Gasteiger partial charge in [0.1, 0.15) is 5.82 Å². The van der Waals surface area contributed by atoms with Crippen LogP contribution in [0.15, 0.2) is 12.4 Å². The smallest absolute Gasteiger partial charge is 0.222 e. The molecule has 1 aromatic rings. The van der Waals surface area contributed by atoms with Crippen molar-refractivity contribution in [3.63, 3.8) is 0 Å². The number of nitrogens with one attached hydrogen (secondary N) is 2. The molecule has 0 saturated carbocycles. The van der Waals surface area contributed by atoms with Gasteiger partial charge in [-0.05, 0) is 25.7 Å². The van der Waals surface area contributed by atoms with Gasteiger partial charge in [-0.2, -0.15) is 0 Å². The van der Waals surface area contributed by atoms with Crippen LogP contribution in [0.5, 0.6) is 0 Å². The number of aryl methyl sites for hydroxylation is 1. The largest absolute Gasteiger partial charge is 0.378 e. The molecule has 18 heavy (non-hydrogen) atoms. The molecule has 1 saturated heterocycles. The molecule has 100 valence electrons. The number of hydrogen-bond acceptors (Lipinski definition) is 3. The van der Waals surface area contributed by atoms with Crippen molar-refractivity contribution >= 4 is 5.91 Å². The normalized spacial score (nSPS) is 19.7. The Morgan fingerprint density at radius 3 is 3.22 bits per heavy atom. The van der Waals surface area contributed by atoms with E-state index in [1.807, 2.05) is 6.20 Å². The van der Waals surface area contributed by atoms with Gasteiger partial charge >= 0.3 is 0 Å². The number of carbonyl (C=O) groups is 1. The number of aromatic nitrogens is 2. The Morgan fingerprint density at radius 2 is 2.50 bits per heavy atom. The van der Waals surface area contributed by atoms with Crippen LogP contribution in [-0.4, -0.2) is 35.1 Å². The van der Waals surface area contributed by atoms with Crippen molar-refractivity contribution in [1.29, 1.82) is 0 Å². The molecule has 5 nitrogen and oxygen atoms in total. The molecule has 1 amide bonds. The highest BCUT2D eigenvalue weighted by Crippen LogP contribution is 2.15. The molecule has 1 atom stereocenters. The molecule has 0 bridgehead atoms. The van der Waals surface area contributed by atoms with Gasteiger partial charge in [0.05, 0.1) is 12.5 Å². The molecule has 1 aliphatic rings. The van der Waals surface area contributed by atoms with Crippen LogP contribution in [0.4, 0.5) is 0 Å². The van der Waals surface area contributed by atoms with E-state index in [1.165, 1.54) is 6.42 Å². The fourth-order valence-corrected chi connectivity index (χ4v) is 2.17. The lowest BCUT2D eigenvalue weighted by Gasteiger charge is -2.21. The van der Waals surface area contributed by atoms with Crippen LogP contribution < -0.4 is 5.32 Å². The Hall–Kier alpha value is -1.36. The van der Waals surface area contributed by atoms with Crippen molar-refractivity contribution in [2.75, 3.05) is 13.2 Å². The summed E-state index contributed by atoms with van der Waals surface area (Å²) in [5.74, 6) is 1.07. The summed E-state index contributed by atoms with van der Waals surface area (Å²) in [6.45, 7) is 1.50. The second kappa shape index (κ2) is 7.16. The number of imidazole rings is 1. The van der Waals surface area contributed by atoms with E-state index in [1.54, 1.807) is 6.20 Å². The van der Waals surface area contributed by atoms with Gasteiger partial charge in [0.15, 0.2) is 0 Å². The summed E-state index contributed by atoms with van der Waals surface area (Å²) in [5, 5.41) is 2.93. The fraction of sp³-hybridized carbons (Fsp3) is 0.692. The molecule has 1 aliphatic heterocycles. The van der Waals surface area contributed by atoms with Gasteiger partial charge in [-0.3, -0.25) is 4.79 Å². The zero-order valence-electron chi connectivity index (χ0n) is 10.7. The summed E-state index contributed by atoms with van der Waals surface area (Å²) in [7, 11) is 0. The molecule has 0 spiro atoms. The number of aromatic amines is 1. The molecule has 2 N–H and O–H groups in total. The highest BCUT2D eigenvalue weighted by atomic mass is 16.5. The molecule has 1 fully saturated rings. The number of H-pyrrole nitrogens is 1. The number of rotatable bonds is 6. The molecule has 5 heteroatoms. The third-order valence-corrected chi connectivity index (χ3v) is 3.15. The zero-order valence-corrected chi connectivity index (χ0v) is 10.7. The lowest BCUT2D eigenvalue weighted by molar-refractivity contribution is -0.124. The van der Waals surface area contributed by atoms with Gasteiger partial charge in [-0.1, -0.05) is 0 Å². The van der Waals surface area contributed by atoms with Crippen molar-refractivity contribution in [2.45, 2.75) is 44.6 Å². The lowest BCUT2D eigenvalue weighted by Crippen LogP contribution is -2.31. The fourth-order valence-electron chi connectivity index (χ4n) is 2.17. The van der Waals surface area contributed by atoms with Gasteiger partial charge in [0.2, 0.25) is 5.91 Å². The van der Waals surface area contributed by atoms with Crippen LogP contribution in [0.3, 0.4) is 0 Å². The third-order valence-electron chi connectivity index (χ3n) is 3.15. The SMILES string of the molecule is O=C(CC1CCCCO1)NCCCc1ncc[nH]1. The molecule has 2 heterocycles. The molecular weight excluding hydrogens is 230 g/mol.